The van der Waals surface area contributed by atoms with E-state index in [0.717, 1.165) is 5.69 Å². The van der Waals surface area contributed by atoms with Crippen LogP contribution in [0.5, 0.6) is 0 Å². The van der Waals surface area contributed by atoms with Crippen LogP contribution in [0.15, 0.2) is 35.5 Å². The average Bonchev–Trinajstić information content (AvgIpc) is 3.15. The highest BCUT2D eigenvalue weighted by Crippen LogP contribution is 2.28. The van der Waals surface area contributed by atoms with Gasteiger partial charge in [0.15, 0.2) is 0 Å². The lowest BCUT2D eigenvalue weighted by molar-refractivity contribution is 0.0711. The first-order valence-corrected chi connectivity index (χ1v) is 13.1. The highest BCUT2D eigenvalue weighted by atomic mass is 35.5. The van der Waals surface area contributed by atoms with Crippen LogP contribution in [0.2, 0.25) is 5.02 Å². The molecule has 1 aliphatic heterocycles. The highest BCUT2D eigenvalue weighted by Gasteiger charge is 2.36. The molecular weight excluding hydrogens is 462 g/mol. The summed E-state index contributed by atoms with van der Waals surface area (Å²) in [4.78, 5) is 17.2. The molecule has 8 nitrogen and oxygen atoms in total. The van der Waals surface area contributed by atoms with Gasteiger partial charge in [-0.1, -0.05) is 51.4 Å². The number of anilines is 1. The third kappa shape index (κ3) is 5.88. The molecule has 1 aromatic heterocycles. The van der Waals surface area contributed by atoms with Crippen molar-refractivity contribution >= 4 is 33.2 Å². The van der Waals surface area contributed by atoms with Crippen LogP contribution in [-0.2, 0) is 17.1 Å². The van der Waals surface area contributed by atoms with Gasteiger partial charge in [0.2, 0.25) is 5.03 Å². The van der Waals surface area contributed by atoms with Crippen molar-refractivity contribution in [2.24, 2.45) is 18.9 Å². The zero-order valence-corrected chi connectivity index (χ0v) is 21.6. The van der Waals surface area contributed by atoms with Crippen molar-refractivity contribution in [3.63, 3.8) is 0 Å². The Hall–Kier alpha value is -2.10. The Morgan fingerprint density at radius 1 is 1.06 bits per heavy atom. The van der Waals surface area contributed by atoms with Crippen LogP contribution >= 0.6 is 11.6 Å². The highest BCUT2D eigenvalue weighted by molar-refractivity contribution is 7.89. The molecule has 0 spiro atoms. The van der Waals surface area contributed by atoms with Crippen molar-refractivity contribution in [1.82, 2.24) is 19.0 Å². The molecular formula is C23H34ClN5O3S. The molecule has 0 radical (unpaired) electrons. The summed E-state index contributed by atoms with van der Waals surface area (Å²) in [6.07, 6.45) is 1.52. The molecule has 1 fully saturated rings. The fourth-order valence-corrected chi connectivity index (χ4v) is 5.89. The molecule has 2 aromatic rings. The van der Waals surface area contributed by atoms with Gasteiger partial charge in [-0.15, -0.1) is 0 Å². The lowest BCUT2D eigenvalue weighted by atomic mass is 10.1. The van der Waals surface area contributed by atoms with Gasteiger partial charge in [0.25, 0.3) is 15.9 Å². The van der Waals surface area contributed by atoms with Crippen LogP contribution in [0.4, 0.5) is 5.69 Å². The lowest BCUT2D eigenvalue weighted by Crippen LogP contribution is -2.49. The SMILES string of the molecule is CC(C)CN(CC(C)C)C(=O)c1cn(C)nc1S(=O)(=O)N1CCN(c2ccccc2Cl)CC1. The first-order chi connectivity index (χ1) is 15.5. The Balaban J connectivity index is 1.83. The minimum atomic E-state index is -3.93. The second kappa shape index (κ2) is 10.4. The van der Waals surface area contributed by atoms with Crippen LogP contribution in [0.3, 0.4) is 0 Å². The molecule has 0 unspecified atom stereocenters. The van der Waals surface area contributed by atoms with E-state index in [1.54, 1.807) is 11.9 Å². The molecule has 10 heteroatoms. The van der Waals surface area contributed by atoms with E-state index in [4.69, 9.17) is 11.6 Å². The van der Waals surface area contributed by atoms with Gasteiger partial charge in [-0.2, -0.15) is 9.40 Å². The zero-order chi connectivity index (χ0) is 24.3. The molecule has 33 heavy (non-hydrogen) atoms. The van der Waals surface area contributed by atoms with Crippen LogP contribution in [0, 0.1) is 11.8 Å². The number of amides is 1. The van der Waals surface area contributed by atoms with Crippen LogP contribution in [0.25, 0.3) is 0 Å². The molecule has 0 saturated carbocycles. The number of nitrogens with zero attached hydrogens (tertiary/aromatic N) is 5. The largest absolute Gasteiger partial charge is 0.368 e. The van der Waals surface area contributed by atoms with Gasteiger partial charge in [-0.3, -0.25) is 9.48 Å². The molecule has 1 amide bonds. The standard InChI is InChI=1S/C23H34ClN5O3S/c1-17(2)14-28(15-18(3)4)23(30)19-16-26(5)25-22(19)33(31,32)29-12-10-27(11-13-29)21-9-7-6-8-20(21)24/h6-9,16-18H,10-15H2,1-5H3. The molecule has 0 bridgehead atoms. The predicted octanol–water partition coefficient (Wildman–Crippen LogP) is 3.34. The maximum Gasteiger partial charge on any atom is 0.263 e. The van der Waals surface area contributed by atoms with Crippen molar-refractivity contribution in [2.45, 2.75) is 32.7 Å². The number of hydrogen-bond donors (Lipinski definition) is 0. The Bertz CT molecular complexity index is 1070. The summed E-state index contributed by atoms with van der Waals surface area (Å²) in [5.41, 5.74) is 1.02. The van der Waals surface area contributed by atoms with Gasteiger partial charge < -0.3 is 9.80 Å². The van der Waals surface area contributed by atoms with Gasteiger partial charge in [-0.05, 0) is 24.0 Å². The third-order valence-corrected chi connectivity index (χ3v) is 7.65. The topological polar surface area (TPSA) is 78.8 Å². The Morgan fingerprint density at radius 3 is 2.18 bits per heavy atom. The van der Waals surface area contributed by atoms with E-state index < -0.39 is 10.0 Å². The van der Waals surface area contributed by atoms with Crippen molar-refractivity contribution in [2.75, 3.05) is 44.2 Å². The number of benzene rings is 1. The summed E-state index contributed by atoms with van der Waals surface area (Å²) in [6.45, 7) is 10.9. The number of halogens is 1. The van der Waals surface area contributed by atoms with Gasteiger partial charge in [0, 0.05) is 52.5 Å². The number of carbonyl (C=O) groups is 1. The first kappa shape index (κ1) is 25.5. The van der Waals surface area contributed by atoms with Gasteiger partial charge in [0.05, 0.1) is 16.3 Å². The van der Waals surface area contributed by atoms with Crippen molar-refractivity contribution in [1.29, 1.82) is 0 Å². The van der Waals surface area contributed by atoms with E-state index in [2.05, 4.69) is 10.00 Å². The predicted molar refractivity (Wildman–Crippen MR) is 131 cm³/mol. The number of carbonyl (C=O) groups excluding carboxylic acids is 1. The molecule has 0 N–H and O–H groups in total. The van der Waals surface area contributed by atoms with E-state index in [-0.39, 0.29) is 28.3 Å². The monoisotopic (exact) mass is 495 g/mol. The number of hydrogen-bond acceptors (Lipinski definition) is 5. The quantitative estimate of drug-likeness (QED) is 0.561. The minimum absolute atomic E-state index is 0.132. The van der Waals surface area contributed by atoms with Crippen LogP contribution in [0.1, 0.15) is 38.1 Å². The maximum atomic E-state index is 13.5. The normalized spacial score (nSPS) is 15.5. The molecule has 1 saturated heterocycles. The smallest absolute Gasteiger partial charge is 0.263 e. The molecule has 0 aliphatic carbocycles. The van der Waals surface area contributed by atoms with Gasteiger partial charge in [-0.25, -0.2) is 8.42 Å². The van der Waals surface area contributed by atoms with Crippen LogP contribution in [-0.4, -0.2) is 72.6 Å². The number of piperazine rings is 1. The summed E-state index contributed by atoms with van der Waals surface area (Å²) in [7, 11) is -2.29. The van der Waals surface area contributed by atoms with Crippen molar-refractivity contribution < 1.29 is 13.2 Å². The second-order valence-electron chi connectivity index (χ2n) is 9.36. The zero-order valence-electron chi connectivity index (χ0n) is 20.0. The summed E-state index contributed by atoms with van der Waals surface area (Å²) >= 11 is 6.31. The van der Waals surface area contributed by atoms with Crippen LogP contribution < -0.4 is 4.90 Å². The molecule has 1 aromatic carbocycles. The Kier molecular flexibility index (Phi) is 8.08. The van der Waals surface area contributed by atoms with Crippen molar-refractivity contribution in [3.05, 3.63) is 41.0 Å². The summed E-state index contributed by atoms with van der Waals surface area (Å²) in [5, 5.41) is 4.69. The van der Waals surface area contributed by atoms with Crippen molar-refractivity contribution in [3.8, 4) is 0 Å². The summed E-state index contributed by atoms with van der Waals surface area (Å²) in [5.74, 6) is 0.239. The number of aromatic nitrogens is 2. The van der Waals surface area contributed by atoms with E-state index >= 15 is 0 Å². The van der Waals surface area contributed by atoms with E-state index in [1.807, 2.05) is 52.0 Å². The number of para-hydroxylation sites is 1. The first-order valence-electron chi connectivity index (χ1n) is 11.3. The Labute approximate surface area is 202 Å². The lowest BCUT2D eigenvalue weighted by Gasteiger charge is -2.35. The summed E-state index contributed by atoms with van der Waals surface area (Å²) in [6, 6.07) is 7.54. The van der Waals surface area contributed by atoms with Gasteiger partial charge in [0.1, 0.15) is 0 Å². The fraction of sp³-hybridized carbons (Fsp3) is 0.565. The number of sulfonamides is 1. The Morgan fingerprint density at radius 2 is 1.64 bits per heavy atom. The molecule has 3 rings (SSSR count). The van der Waals surface area contributed by atoms with Gasteiger partial charge >= 0.3 is 0 Å². The second-order valence-corrected chi connectivity index (χ2v) is 11.6. The molecule has 182 valence electrons. The van der Waals surface area contributed by atoms with E-state index in [0.29, 0.717) is 44.3 Å². The molecule has 1 aliphatic rings. The fourth-order valence-electron chi connectivity index (χ4n) is 4.10. The average molecular weight is 496 g/mol. The maximum absolute atomic E-state index is 13.5. The third-order valence-electron chi connectivity index (χ3n) is 5.50. The van der Waals surface area contributed by atoms with E-state index in [9.17, 15) is 13.2 Å². The molecule has 2 heterocycles. The van der Waals surface area contributed by atoms with E-state index in [1.165, 1.54) is 15.2 Å². The number of aryl methyl sites for hydroxylation is 1. The minimum Gasteiger partial charge on any atom is -0.368 e. The number of rotatable bonds is 8. The summed E-state index contributed by atoms with van der Waals surface area (Å²) < 4.78 is 29.9. The molecule has 0 atom stereocenters.